The summed E-state index contributed by atoms with van der Waals surface area (Å²) in [5.41, 5.74) is 0. The number of ether oxygens (including phenoxy) is 7. The molecule has 4 aliphatic rings. The molecule has 4 saturated heterocycles. The maximum atomic E-state index is 11.5. The maximum Gasteiger partial charge on any atom is 0.335 e. The average Bonchev–Trinajstić information content (AvgIpc) is 3.03. The molecule has 4 aliphatic heterocycles. The summed E-state index contributed by atoms with van der Waals surface area (Å²) < 4.78 is 37.6. The van der Waals surface area contributed by atoms with E-state index >= 15 is 0 Å². The number of rotatable bonds is 10. The van der Waals surface area contributed by atoms with Crippen LogP contribution in [0.5, 0.6) is 0 Å². The van der Waals surface area contributed by atoms with Crippen LogP contribution < -0.4 is 0 Å². The van der Waals surface area contributed by atoms with Crippen LogP contribution >= 0.6 is 0 Å². The van der Waals surface area contributed by atoms with Crippen molar-refractivity contribution in [2.45, 2.75) is 123 Å². The molecule has 4 rings (SSSR count). The number of carboxylic acid groups (broad SMARTS) is 1. The Kier molecular flexibility index (Phi) is 12.6. The minimum absolute atomic E-state index is 0.860. The van der Waals surface area contributed by atoms with Gasteiger partial charge in [-0.2, -0.15) is 0 Å². The van der Waals surface area contributed by atoms with Gasteiger partial charge >= 0.3 is 5.97 Å². The lowest BCUT2D eigenvalue weighted by molar-refractivity contribution is -0.394. The number of carbonyl (C=O) groups is 1. The van der Waals surface area contributed by atoms with Crippen LogP contribution in [0.25, 0.3) is 0 Å². The van der Waals surface area contributed by atoms with Crippen molar-refractivity contribution in [1.29, 1.82) is 0 Å². The standard InChI is InChI=1S/C24H40O22/c25-1-4-7(28)10(31)19(46-22-14(35)9(30)11(32)18(45-22)20(37)38)24(42-4)44-17-8(29)5(2-26)41-23(15(17)36)43-16-6(3-27)40-21(39)13(34)12(16)33/h4-19,21-36,39H,1-3H2,(H,37,38)/t4-,5-,6-,7-,8-,9+,10+,11+,12-,13-,14-,15-,16-,17+,18+,19+,21?,22+,23+,24-/m1/s1. The molecule has 22 heteroatoms. The van der Waals surface area contributed by atoms with Crippen molar-refractivity contribution >= 4 is 5.97 Å². The Morgan fingerprint density at radius 2 is 0.957 bits per heavy atom. The van der Waals surface area contributed by atoms with Crippen molar-refractivity contribution in [2.75, 3.05) is 19.8 Å². The summed E-state index contributed by atoms with van der Waals surface area (Å²) in [7, 11) is 0. The minimum atomic E-state index is -2.14. The molecule has 0 bridgehead atoms. The van der Waals surface area contributed by atoms with Gasteiger partial charge in [-0.1, -0.05) is 0 Å². The van der Waals surface area contributed by atoms with E-state index in [0.29, 0.717) is 0 Å². The molecule has 20 atom stereocenters. The average molecular weight is 681 g/mol. The first-order chi connectivity index (χ1) is 21.7. The van der Waals surface area contributed by atoms with Gasteiger partial charge in [0.15, 0.2) is 31.3 Å². The van der Waals surface area contributed by atoms with Gasteiger partial charge < -0.3 is 105 Å². The lowest BCUT2D eigenvalue weighted by Crippen LogP contribution is -2.68. The molecule has 0 aromatic rings. The van der Waals surface area contributed by atoms with Gasteiger partial charge in [-0.3, -0.25) is 0 Å². The van der Waals surface area contributed by atoms with Crippen LogP contribution in [0, 0.1) is 0 Å². The van der Waals surface area contributed by atoms with Gasteiger partial charge in [-0.25, -0.2) is 4.79 Å². The van der Waals surface area contributed by atoms with Gasteiger partial charge in [0.1, 0.15) is 91.6 Å². The molecule has 0 amide bonds. The first kappa shape index (κ1) is 37.5. The predicted molar refractivity (Wildman–Crippen MR) is 134 cm³/mol. The first-order valence-corrected chi connectivity index (χ1v) is 14.1. The van der Waals surface area contributed by atoms with E-state index in [4.69, 9.17) is 33.2 Å². The van der Waals surface area contributed by atoms with Crippen molar-refractivity contribution in [3.63, 3.8) is 0 Å². The summed E-state index contributed by atoms with van der Waals surface area (Å²) >= 11 is 0. The molecular weight excluding hydrogens is 640 g/mol. The fourth-order valence-corrected chi connectivity index (χ4v) is 5.50. The highest BCUT2D eigenvalue weighted by atomic mass is 16.8. The van der Waals surface area contributed by atoms with Crippen molar-refractivity contribution in [3.8, 4) is 0 Å². The van der Waals surface area contributed by atoms with E-state index in [1.807, 2.05) is 0 Å². The normalized spacial score (nSPS) is 51.9. The molecule has 0 aromatic carbocycles. The van der Waals surface area contributed by atoms with Crippen LogP contribution in [0.2, 0.25) is 0 Å². The molecule has 0 spiro atoms. The molecule has 0 radical (unpaired) electrons. The fourth-order valence-electron chi connectivity index (χ4n) is 5.50. The van der Waals surface area contributed by atoms with Gasteiger partial charge in [0, 0.05) is 0 Å². The van der Waals surface area contributed by atoms with Crippen LogP contribution in [0.1, 0.15) is 0 Å². The Morgan fingerprint density at radius 3 is 1.54 bits per heavy atom. The summed E-state index contributed by atoms with van der Waals surface area (Å²) in [5, 5.41) is 142. The number of carboxylic acids is 1. The van der Waals surface area contributed by atoms with Crippen LogP contribution in [0.4, 0.5) is 0 Å². The second-order valence-corrected chi connectivity index (χ2v) is 11.2. The number of aliphatic carboxylic acids is 1. The van der Waals surface area contributed by atoms with Gasteiger partial charge in [-0.15, -0.1) is 0 Å². The second-order valence-electron chi connectivity index (χ2n) is 11.2. The Morgan fingerprint density at radius 1 is 0.457 bits per heavy atom. The molecule has 1 unspecified atom stereocenters. The summed E-state index contributed by atoms with van der Waals surface area (Å²) in [4.78, 5) is 11.5. The Labute approximate surface area is 258 Å². The highest BCUT2D eigenvalue weighted by molar-refractivity contribution is 5.73. The van der Waals surface area contributed by atoms with E-state index in [0.717, 1.165) is 0 Å². The van der Waals surface area contributed by atoms with E-state index in [2.05, 4.69) is 0 Å². The first-order valence-electron chi connectivity index (χ1n) is 14.1. The van der Waals surface area contributed by atoms with E-state index in [9.17, 15) is 76.3 Å². The zero-order valence-electron chi connectivity index (χ0n) is 23.7. The molecule has 0 aromatic heterocycles. The quantitative estimate of drug-likeness (QED) is 0.102. The summed E-state index contributed by atoms with van der Waals surface area (Å²) in [6.45, 7) is -2.73. The molecule has 46 heavy (non-hydrogen) atoms. The van der Waals surface area contributed by atoms with Crippen LogP contribution in [0.3, 0.4) is 0 Å². The molecule has 268 valence electrons. The van der Waals surface area contributed by atoms with Crippen LogP contribution in [0.15, 0.2) is 0 Å². The highest BCUT2D eigenvalue weighted by Gasteiger charge is 2.56. The van der Waals surface area contributed by atoms with Crippen molar-refractivity contribution in [2.24, 2.45) is 0 Å². The lowest BCUT2D eigenvalue weighted by Gasteiger charge is -2.49. The second kappa shape index (κ2) is 15.5. The van der Waals surface area contributed by atoms with Crippen LogP contribution in [-0.2, 0) is 38.0 Å². The van der Waals surface area contributed by atoms with Gasteiger partial charge in [-0.05, 0) is 0 Å². The summed E-state index contributed by atoms with van der Waals surface area (Å²) in [6.07, 6.45) is -38.7. The SMILES string of the molecule is O=C(O)[C@H]1O[C@@H](O[C@@H]2[C@@H](O[C@@H]3[C@@H](O)[C@H](O[C@H]4[C@H](O)[C@@H](O)C(O)O[C@@H]4CO)O[C@H](CO)[C@H]3O)O[C@H](CO)[C@@H](O)[C@@H]2O)[C@H](O)[C@@H](O)[C@@H]1O. The smallest absolute Gasteiger partial charge is 0.335 e. The van der Waals surface area contributed by atoms with Gasteiger partial charge in [0.2, 0.25) is 0 Å². The third kappa shape index (κ3) is 7.31. The minimum Gasteiger partial charge on any atom is -0.479 e. The van der Waals surface area contributed by atoms with E-state index in [1.165, 1.54) is 0 Å². The molecule has 22 nitrogen and oxygen atoms in total. The fraction of sp³-hybridized carbons (Fsp3) is 0.958. The number of hydrogen-bond donors (Lipinski definition) is 14. The van der Waals surface area contributed by atoms with Gasteiger partial charge in [0.05, 0.1) is 19.8 Å². The molecule has 14 N–H and O–H groups in total. The van der Waals surface area contributed by atoms with E-state index in [-0.39, 0.29) is 0 Å². The van der Waals surface area contributed by atoms with Crippen molar-refractivity contribution < 1.29 is 109 Å². The van der Waals surface area contributed by atoms with Gasteiger partial charge in [0.25, 0.3) is 0 Å². The summed E-state index contributed by atoms with van der Waals surface area (Å²) in [5.74, 6) is -1.77. The number of aliphatic hydroxyl groups excluding tert-OH is 13. The topological polar surface area (TPSA) is 365 Å². The zero-order chi connectivity index (χ0) is 34.2. The Balaban J connectivity index is 1.59. The zero-order valence-corrected chi connectivity index (χ0v) is 23.7. The molecular formula is C24H40O22. The molecule has 4 heterocycles. The molecule has 4 fully saturated rings. The lowest BCUT2D eigenvalue weighted by atomic mass is 9.95. The monoisotopic (exact) mass is 680 g/mol. The third-order valence-electron chi connectivity index (χ3n) is 8.17. The Hall–Kier alpha value is -1.33. The van der Waals surface area contributed by atoms with Crippen molar-refractivity contribution in [1.82, 2.24) is 0 Å². The summed E-state index contributed by atoms with van der Waals surface area (Å²) in [6, 6.07) is 0. The van der Waals surface area contributed by atoms with E-state index in [1.54, 1.807) is 0 Å². The number of hydrogen-bond acceptors (Lipinski definition) is 21. The number of aliphatic hydroxyl groups is 13. The molecule has 0 saturated carbocycles. The third-order valence-corrected chi connectivity index (χ3v) is 8.17. The highest BCUT2D eigenvalue weighted by Crippen LogP contribution is 2.34. The molecule has 0 aliphatic carbocycles. The van der Waals surface area contributed by atoms with Crippen LogP contribution in [-0.4, -0.2) is 220 Å². The van der Waals surface area contributed by atoms with E-state index < -0.39 is 149 Å². The predicted octanol–water partition coefficient (Wildman–Crippen LogP) is -9.66. The van der Waals surface area contributed by atoms with Crippen molar-refractivity contribution in [3.05, 3.63) is 0 Å². The largest absolute Gasteiger partial charge is 0.479 e. The maximum absolute atomic E-state index is 11.5. The Bertz CT molecular complexity index is 990.